The van der Waals surface area contributed by atoms with Gasteiger partial charge in [0.05, 0.1) is 17.4 Å². The Morgan fingerprint density at radius 3 is 2.64 bits per heavy atom. The molecular weight excluding hydrogens is 436 g/mol. The number of fused-ring (bicyclic) bond motifs is 2. The third-order valence-electron chi connectivity index (χ3n) is 5.97. The van der Waals surface area contributed by atoms with Crippen molar-refractivity contribution in [1.29, 1.82) is 0 Å². The summed E-state index contributed by atoms with van der Waals surface area (Å²) in [5.74, 6) is -0.804. The molecule has 2 aromatic rings. The van der Waals surface area contributed by atoms with Gasteiger partial charge in [0.2, 0.25) is 6.29 Å². The van der Waals surface area contributed by atoms with Crippen molar-refractivity contribution in [3.8, 4) is 5.75 Å². The van der Waals surface area contributed by atoms with E-state index < -0.39 is 36.7 Å². The summed E-state index contributed by atoms with van der Waals surface area (Å²) < 4.78 is 10.9. The van der Waals surface area contributed by atoms with Gasteiger partial charge in [-0.1, -0.05) is 0 Å². The number of nitrogens with one attached hydrogen (secondary N) is 1. The number of carboxylic acid groups (broad SMARTS) is 1. The van der Waals surface area contributed by atoms with Gasteiger partial charge in [0, 0.05) is 17.8 Å². The van der Waals surface area contributed by atoms with E-state index in [0.717, 1.165) is 12.8 Å². The minimum absolute atomic E-state index is 0.0977. The molecule has 5 rings (SSSR count). The highest BCUT2D eigenvalue weighted by molar-refractivity contribution is 6.12. The fourth-order valence-electron chi connectivity index (χ4n) is 4.02. The summed E-state index contributed by atoms with van der Waals surface area (Å²) in [7, 11) is 0. The molecule has 2 aliphatic heterocycles. The summed E-state index contributed by atoms with van der Waals surface area (Å²) in [6.45, 7) is 1.67. The molecule has 12 nitrogen and oxygen atoms in total. The molecule has 12 heteroatoms. The fourth-order valence-corrected chi connectivity index (χ4v) is 4.02. The number of carbonyl (C=O) groups excluding carboxylic acids is 1. The number of amides is 1. The Balaban J connectivity index is 1.51. The van der Waals surface area contributed by atoms with Crippen LogP contribution in [-0.4, -0.2) is 79.0 Å². The van der Waals surface area contributed by atoms with Crippen LogP contribution in [0.3, 0.4) is 0 Å². The number of carboxylic acids is 1. The number of anilines is 3. The molecule has 174 valence electrons. The molecule has 0 radical (unpaired) electrons. The standard InChI is InChI=1S/C21H22N4O8/c1-8-11(32-21-15(28)13(26)14(27)16(33-21)20(30)31)7-23-18-12(8)24-19(29)10-3-2-6-22-17(10)25(18)9-4-5-9/h2-3,6-7,9,13-16,21,26-28H,4-5H2,1H3,(H,24,29)(H,30,31)/t13-,14-,15+,16-,21?/m0/s1. The molecule has 1 saturated heterocycles. The SMILES string of the molecule is Cc1c(OC2O[C@H](C(=O)O)[C@@H](O)[C@H](O)[C@H]2O)cnc2c1NC(=O)c1cccnc1N2C1CC1. The lowest BCUT2D eigenvalue weighted by molar-refractivity contribution is -0.271. The molecule has 0 bridgehead atoms. The van der Waals surface area contributed by atoms with Crippen LogP contribution >= 0.6 is 0 Å². The molecule has 33 heavy (non-hydrogen) atoms. The Bertz CT molecular complexity index is 1120. The number of hydrogen-bond donors (Lipinski definition) is 5. The number of nitrogens with zero attached hydrogens (tertiary/aromatic N) is 3. The van der Waals surface area contributed by atoms with Crippen LogP contribution < -0.4 is 15.0 Å². The molecular formula is C21H22N4O8. The topological polar surface area (TPSA) is 175 Å². The Hall–Kier alpha value is -3.32. The van der Waals surface area contributed by atoms with Gasteiger partial charge < -0.3 is 40.1 Å². The van der Waals surface area contributed by atoms with Crippen molar-refractivity contribution in [1.82, 2.24) is 9.97 Å². The van der Waals surface area contributed by atoms with Gasteiger partial charge in [0.25, 0.3) is 5.91 Å². The average molecular weight is 458 g/mol. The van der Waals surface area contributed by atoms with E-state index >= 15 is 0 Å². The van der Waals surface area contributed by atoms with Crippen LogP contribution in [0.5, 0.6) is 5.75 Å². The van der Waals surface area contributed by atoms with Gasteiger partial charge in [-0.3, -0.25) is 4.79 Å². The second kappa shape index (κ2) is 7.92. The van der Waals surface area contributed by atoms with Crippen LogP contribution in [0.2, 0.25) is 0 Å². The second-order valence-electron chi connectivity index (χ2n) is 8.23. The monoisotopic (exact) mass is 458 g/mol. The molecule has 5 atom stereocenters. The zero-order chi connectivity index (χ0) is 23.4. The zero-order valence-electron chi connectivity index (χ0n) is 17.5. The molecule has 1 amide bonds. The van der Waals surface area contributed by atoms with Crippen LogP contribution in [0.15, 0.2) is 24.5 Å². The van der Waals surface area contributed by atoms with E-state index in [9.17, 15) is 30.0 Å². The van der Waals surface area contributed by atoms with E-state index in [2.05, 4.69) is 15.3 Å². The van der Waals surface area contributed by atoms with E-state index in [1.165, 1.54) is 6.20 Å². The lowest BCUT2D eigenvalue weighted by Gasteiger charge is -2.38. The normalized spacial score (nSPS) is 28.9. The van der Waals surface area contributed by atoms with E-state index in [1.807, 2.05) is 4.90 Å². The maximum absolute atomic E-state index is 12.9. The van der Waals surface area contributed by atoms with Crippen molar-refractivity contribution in [2.45, 2.75) is 56.5 Å². The lowest BCUT2D eigenvalue weighted by atomic mass is 9.99. The molecule has 2 fully saturated rings. The van der Waals surface area contributed by atoms with Gasteiger partial charge in [0.1, 0.15) is 29.9 Å². The fraction of sp³-hybridized carbons (Fsp3) is 0.429. The molecule has 5 N–H and O–H groups in total. The number of aliphatic carboxylic acids is 1. The van der Waals surface area contributed by atoms with Crippen molar-refractivity contribution in [2.75, 3.05) is 10.2 Å². The van der Waals surface area contributed by atoms with Crippen LogP contribution in [0.25, 0.3) is 0 Å². The molecule has 4 heterocycles. The van der Waals surface area contributed by atoms with Crippen molar-refractivity contribution in [3.63, 3.8) is 0 Å². The maximum Gasteiger partial charge on any atom is 0.335 e. The second-order valence-corrected chi connectivity index (χ2v) is 8.23. The van der Waals surface area contributed by atoms with Crippen molar-refractivity contribution >= 4 is 29.2 Å². The first kappa shape index (κ1) is 21.5. The van der Waals surface area contributed by atoms with Gasteiger partial charge in [0.15, 0.2) is 11.9 Å². The van der Waals surface area contributed by atoms with E-state index in [4.69, 9.17) is 9.47 Å². The number of aromatic nitrogens is 2. The minimum atomic E-state index is -1.83. The highest BCUT2D eigenvalue weighted by atomic mass is 16.7. The lowest BCUT2D eigenvalue weighted by Crippen LogP contribution is -2.61. The summed E-state index contributed by atoms with van der Waals surface area (Å²) in [5, 5.41) is 42.3. The van der Waals surface area contributed by atoms with Crippen molar-refractivity contribution < 1.29 is 39.5 Å². The number of aliphatic hydroxyl groups is 3. The van der Waals surface area contributed by atoms with Crippen molar-refractivity contribution in [3.05, 3.63) is 35.7 Å². The third-order valence-corrected chi connectivity index (χ3v) is 5.97. The summed E-state index contributed by atoms with van der Waals surface area (Å²) in [5.41, 5.74) is 1.23. The third kappa shape index (κ3) is 3.56. The Labute approximate surface area is 187 Å². The van der Waals surface area contributed by atoms with E-state index in [-0.39, 0.29) is 17.7 Å². The number of rotatable bonds is 4. The molecule has 1 aliphatic carbocycles. The Morgan fingerprint density at radius 1 is 1.18 bits per heavy atom. The number of hydrogen-bond acceptors (Lipinski definition) is 10. The quantitative estimate of drug-likeness (QED) is 0.414. The van der Waals surface area contributed by atoms with Gasteiger partial charge in [-0.2, -0.15) is 0 Å². The predicted molar refractivity (Wildman–Crippen MR) is 111 cm³/mol. The minimum Gasteiger partial charge on any atom is -0.479 e. The van der Waals surface area contributed by atoms with Gasteiger partial charge in [-0.15, -0.1) is 0 Å². The molecule has 0 spiro atoms. The molecule has 1 unspecified atom stereocenters. The predicted octanol–water partition coefficient (Wildman–Crippen LogP) is -0.0778. The molecule has 0 aromatic carbocycles. The highest BCUT2D eigenvalue weighted by Crippen LogP contribution is 2.45. The molecule has 3 aliphatic rings. The van der Waals surface area contributed by atoms with E-state index in [0.29, 0.717) is 28.5 Å². The van der Waals surface area contributed by atoms with Crippen LogP contribution in [0.1, 0.15) is 28.8 Å². The van der Waals surface area contributed by atoms with E-state index in [1.54, 1.807) is 25.3 Å². The summed E-state index contributed by atoms with van der Waals surface area (Å²) >= 11 is 0. The molecule has 1 saturated carbocycles. The van der Waals surface area contributed by atoms with Crippen LogP contribution in [0, 0.1) is 6.92 Å². The number of carbonyl (C=O) groups is 2. The average Bonchev–Trinajstić information content (AvgIpc) is 3.63. The van der Waals surface area contributed by atoms with Crippen LogP contribution in [-0.2, 0) is 9.53 Å². The van der Waals surface area contributed by atoms with Gasteiger partial charge in [-0.25, -0.2) is 14.8 Å². The number of pyridine rings is 2. The molecule has 2 aromatic heterocycles. The highest BCUT2D eigenvalue weighted by Gasteiger charge is 2.48. The largest absolute Gasteiger partial charge is 0.479 e. The van der Waals surface area contributed by atoms with Crippen LogP contribution in [0.4, 0.5) is 17.3 Å². The summed E-state index contributed by atoms with van der Waals surface area (Å²) in [6.07, 6.45) is -3.94. The first-order valence-corrected chi connectivity index (χ1v) is 10.4. The maximum atomic E-state index is 12.9. The zero-order valence-corrected chi connectivity index (χ0v) is 17.5. The smallest absolute Gasteiger partial charge is 0.335 e. The van der Waals surface area contributed by atoms with Gasteiger partial charge >= 0.3 is 5.97 Å². The van der Waals surface area contributed by atoms with Crippen molar-refractivity contribution in [2.24, 2.45) is 0 Å². The first-order valence-electron chi connectivity index (χ1n) is 10.4. The Kier molecular flexibility index (Phi) is 5.16. The van der Waals surface area contributed by atoms with Gasteiger partial charge in [-0.05, 0) is 31.9 Å². The Morgan fingerprint density at radius 2 is 1.94 bits per heavy atom. The first-order chi connectivity index (χ1) is 15.8. The number of ether oxygens (including phenoxy) is 2. The summed E-state index contributed by atoms with van der Waals surface area (Å²) in [4.78, 5) is 35.1. The number of aliphatic hydroxyl groups excluding tert-OH is 3. The summed E-state index contributed by atoms with van der Waals surface area (Å²) in [6, 6.07) is 3.49.